The van der Waals surface area contributed by atoms with E-state index in [-0.39, 0.29) is 0 Å². The van der Waals surface area contributed by atoms with Crippen LogP contribution in [0.2, 0.25) is 0 Å². The van der Waals surface area contributed by atoms with Crippen molar-refractivity contribution >= 4 is 0 Å². The standard InChI is InChI=1S/C12H20N2O/c1-9(14(3)4)10-6-5-7-12(15)11(10)8-13-2/h5-7,9,13,15H,8H2,1-4H3. The summed E-state index contributed by atoms with van der Waals surface area (Å²) < 4.78 is 0. The maximum Gasteiger partial charge on any atom is 0.120 e. The molecule has 0 radical (unpaired) electrons. The van der Waals surface area contributed by atoms with Crippen LogP contribution in [-0.4, -0.2) is 31.1 Å². The van der Waals surface area contributed by atoms with Gasteiger partial charge in [0.1, 0.15) is 5.75 Å². The first-order valence-corrected chi connectivity index (χ1v) is 5.19. The molecule has 0 amide bonds. The van der Waals surface area contributed by atoms with Gasteiger partial charge in [-0.1, -0.05) is 12.1 Å². The molecule has 0 aromatic heterocycles. The van der Waals surface area contributed by atoms with E-state index in [4.69, 9.17) is 0 Å². The molecule has 0 aliphatic heterocycles. The highest BCUT2D eigenvalue weighted by Crippen LogP contribution is 2.27. The smallest absolute Gasteiger partial charge is 0.120 e. The number of nitrogens with zero attached hydrogens (tertiary/aromatic N) is 1. The van der Waals surface area contributed by atoms with Gasteiger partial charge >= 0.3 is 0 Å². The number of phenolic OH excluding ortho intramolecular Hbond substituents is 1. The Balaban J connectivity index is 3.10. The number of hydrogen-bond donors (Lipinski definition) is 2. The Kier molecular flexibility index (Phi) is 4.12. The Hall–Kier alpha value is -1.06. The van der Waals surface area contributed by atoms with Crippen molar-refractivity contribution in [2.75, 3.05) is 21.1 Å². The summed E-state index contributed by atoms with van der Waals surface area (Å²) in [7, 11) is 5.96. The van der Waals surface area contributed by atoms with Gasteiger partial charge in [-0.25, -0.2) is 0 Å². The predicted molar refractivity (Wildman–Crippen MR) is 63.0 cm³/mol. The maximum absolute atomic E-state index is 9.79. The van der Waals surface area contributed by atoms with Crippen LogP contribution in [0, 0.1) is 0 Å². The topological polar surface area (TPSA) is 35.5 Å². The molecule has 0 aliphatic rings. The molecule has 84 valence electrons. The number of phenols is 1. The number of benzene rings is 1. The third-order valence-electron chi connectivity index (χ3n) is 2.77. The summed E-state index contributed by atoms with van der Waals surface area (Å²) >= 11 is 0. The first-order chi connectivity index (χ1) is 7.07. The first kappa shape index (κ1) is 12.0. The second-order valence-electron chi connectivity index (χ2n) is 4.01. The second kappa shape index (κ2) is 5.14. The van der Waals surface area contributed by atoms with E-state index in [2.05, 4.69) is 23.2 Å². The fraction of sp³-hybridized carbons (Fsp3) is 0.500. The lowest BCUT2D eigenvalue weighted by molar-refractivity contribution is 0.318. The van der Waals surface area contributed by atoms with Crippen LogP contribution >= 0.6 is 0 Å². The zero-order valence-corrected chi connectivity index (χ0v) is 9.91. The fourth-order valence-electron chi connectivity index (χ4n) is 1.63. The van der Waals surface area contributed by atoms with Crippen molar-refractivity contribution in [3.8, 4) is 5.75 Å². The minimum Gasteiger partial charge on any atom is -0.508 e. The van der Waals surface area contributed by atoms with Crippen LogP contribution in [0.3, 0.4) is 0 Å². The van der Waals surface area contributed by atoms with Gasteiger partial charge in [-0.3, -0.25) is 0 Å². The summed E-state index contributed by atoms with van der Waals surface area (Å²) in [5.74, 6) is 0.371. The maximum atomic E-state index is 9.79. The second-order valence-corrected chi connectivity index (χ2v) is 4.01. The molecule has 15 heavy (non-hydrogen) atoms. The summed E-state index contributed by atoms with van der Waals surface area (Å²) in [4.78, 5) is 2.13. The summed E-state index contributed by atoms with van der Waals surface area (Å²) in [6.45, 7) is 2.83. The molecule has 0 saturated carbocycles. The SMILES string of the molecule is CNCc1c(O)cccc1C(C)N(C)C. The van der Waals surface area contributed by atoms with E-state index in [0.29, 0.717) is 18.3 Å². The molecular weight excluding hydrogens is 188 g/mol. The van der Waals surface area contributed by atoms with Crippen molar-refractivity contribution in [2.24, 2.45) is 0 Å². The molecule has 0 fully saturated rings. The minimum atomic E-state index is 0.306. The normalized spacial score (nSPS) is 13.1. The van der Waals surface area contributed by atoms with Crippen LogP contribution in [0.5, 0.6) is 5.75 Å². The number of hydrogen-bond acceptors (Lipinski definition) is 3. The van der Waals surface area contributed by atoms with E-state index in [0.717, 1.165) is 5.56 Å². The number of rotatable bonds is 4. The molecule has 1 aromatic rings. The zero-order chi connectivity index (χ0) is 11.4. The van der Waals surface area contributed by atoms with E-state index in [1.165, 1.54) is 5.56 Å². The van der Waals surface area contributed by atoms with Crippen molar-refractivity contribution in [1.82, 2.24) is 10.2 Å². The van der Waals surface area contributed by atoms with Crippen LogP contribution in [0.15, 0.2) is 18.2 Å². The fourth-order valence-corrected chi connectivity index (χ4v) is 1.63. The van der Waals surface area contributed by atoms with E-state index >= 15 is 0 Å². The van der Waals surface area contributed by atoms with Gasteiger partial charge in [0, 0.05) is 18.2 Å². The first-order valence-electron chi connectivity index (χ1n) is 5.19. The van der Waals surface area contributed by atoms with Crippen molar-refractivity contribution in [3.63, 3.8) is 0 Å². The molecule has 1 aromatic carbocycles. The molecule has 3 heteroatoms. The molecule has 0 aliphatic carbocycles. The molecule has 0 saturated heterocycles. The van der Waals surface area contributed by atoms with Crippen LogP contribution in [0.1, 0.15) is 24.1 Å². The Morgan fingerprint density at radius 3 is 2.60 bits per heavy atom. The highest BCUT2D eigenvalue weighted by atomic mass is 16.3. The molecule has 0 bridgehead atoms. The van der Waals surface area contributed by atoms with Crippen LogP contribution in [-0.2, 0) is 6.54 Å². The van der Waals surface area contributed by atoms with E-state index in [9.17, 15) is 5.11 Å². The summed E-state index contributed by atoms with van der Waals surface area (Å²) in [6.07, 6.45) is 0. The molecule has 3 nitrogen and oxygen atoms in total. The average Bonchev–Trinajstić information content (AvgIpc) is 2.20. The third-order valence-corrected chi connectivity index (χ3v) is 2.77. The monoisotopic (exact) mass is 208 g/mol. The minimum absolute atomic E-state index is 0.306. The molecule has 0 heterocycles. The number of nitrogens with one attached hydrogen (secondary N) is 1. The van der Waals surface area contributed by atoms with Crippen molar-refractivity contribution < 1.29 is 5.11 Å². The Morgan fingerprint density at radius 2 is 2.07 bits per heavy atom. The van der Waals surface area contributed by atoms with Crippen molar-refractivity contribution in [2.45, 2.75) is 19.5 Å². The highest BCUT2D eigenvalue weighted by Gasteiger charge is 2.14. The van der Waals surface area contributed by atoms with Gasteiger partial charge in [0.25, 0.3) is 0 Å². The highest BCUT2D eigenvalue weighted by molar-refractivity contribution is 5.40. The lowest BCUT2D eigenvalue weighted by atomic mass is 10.00. The Morgan fingerprint density at radius 1 is 1.40 bits per heavy atom. The van der Waals surface area contributed by atoms with Gasteiger partial charge in [-0.2, -0.15) is 0 Å². The third kappa shape index (κ3) is 2.70. The summed E-state index contributed by atoms with van der Waals surface area (Å²) in [6, 6.07) is 6.00. The molecule has 2 N–H and O–H groups in total. The number of aromatic hydroxyl groups is 1. The van der Waals surface area contributed by atoms with Gasteiger partial charge in [-0.15, -0.1) is 0 Å². The van der Waals surface area contributed by atoms with Gasteiger partial charge in [0.05, 0.1) is 0 Å². The lowest BCUT2D eigenvalue weighted by Crippen LogP contribution is -2.19. The van der Waals surface area contributed by atoms with Crippen LogP contribution in [0.4, 0.5) is 0 Å². The largest absolute Gasteiger partial charge is 0.508 e. The van der Waals surface area contributed by atoms with Gasteiger partial charge in [0.15, 0.2) is 0 Å². The lowest BCUT2D eigenvalue weighted by Gasteiger charge is -2.23. The van der Waals surface area contributed by atoms with Crippen molar-refractivity contribution in [3.05, 3.63) is 29.3 Å². The van der Waals surface area contributed by atoms with E-state index in [1.54, 1.807) is 6.07 Å². The molecule has 1 atom stereocenters. The van der Waals surface area contributed by atoms with Gasteiger partial charge in [0.2, 0.25) is 0 Å². The van der Waals surface area contributed by atoms with Gasteiger partial charge < -0.3 is 15.3 Å². The quantitative estimate of drug-likeness (QED) is 0.791. The van der Waals surface area contributed by atoms with Crippen LogP contribution in [0.25, 0.3) is 0 Å². The Bertz CT molecular complexity index is 323. The van der Waals surface area contributed by atoms with E-state index < -0.39 is 0 Å². The molecule has 1 rings (SSSR count). The summed E-state index contributed by atoms with van der Waals surface area (Å²) in [5, 5.41) is 12.9. The molecular formula is C12H20N2O. The summed E-state index contributed by atoms with van der Waals surface area (Å²) in [5.41, 5.74) is 2.16. The average molecular weight is 208 g/mol. The van der Waals surface area contributed by atoms with Crippen molar-refractivity contribution in [1.29, 1.82) is 0 Å². The predicted octanol–water partition coefficient (Wildman–Crippen LogP) is 1.73. The van der Waals surface area contributed by atoms with E-state index in [1.807, 2.05) is 27.2 Å². The van der Waals surface area contributed by atoms with Crippen LogP contribution < -0.4 is 5.32 Å². The Labute approximate surface area is 91.7 Å². The zero-order valence-electron chi connectivity index (χ0n) is 9.91. The molecule has 1 unspecified atom stereocenters. The molecule has 0 spiro atoms. The van der Waals surface area contributed by atoms with Gasteiger partial charge in [-0.05, 0) is 39.7 Å².